The van der Waals surface area contributed by atoms with Gasteiger partial charge in [0.15, 0.2) is 0 Å². The van der Waals surface area contributed by atoms with Gasteiger partial charge in [0, 0.05) is 31.2 Å². The monoisotopic (exact) mass is 376 g/mol. The maximum atomic E-state index is 12.3. The van der Waals surface area contributed by atoms with Crippen LogP contribution >= 0.6 is 0 Å². The van der Waals surface area contributed by atoms with Crippen molar-refractivity contribution in [3.63, 3.8) is 0 Å². The van der Waals surface area contributed by atoms with Crippen LogP contribution < -0.4 is 4.90 Å². The standard InChI is InChI=1S/C24H28N2O2/c1-6-18-13-20-22(17-9-7-15(2)8-10-17)19(14-21(27)28-5)16(3)23-24(20)26(18)12-11-25(23)4/h7-10,13H,6,11-12,14H2,1-5H3. The molecule has 0 saturated heterocycles. The first-order chi connectivity index (χ1) is 13.5. The average Bonchev–Trinajstić information content (AvgIpc) is 3.06. The highest BCUT2D eigenvalue weighted by atomic mass is 16.5. The molecule has 4 rings (SSSR count). The van der Waals surface area contributed by atoms with Crippen LogP contribution in [0.3, 0.4) is 0 Å². The number of hydrogen-bond acceptors (Lipinski definition) is 3. The van der Waals surface area contributed by atoms with Crippen LogP contribution in [0.4, 0.5) is 5.69 Å². The number of rotatable bonds is 4. The Bertz CT molecular complexity index is 1060. The fourth-order valence-electron chi connectivity index (χ4n) is 4.58. The lowest BCUT2D eigenvalue weighted by Crippen LogP contribution is -2.29. The highest BCUT2D eigenvalue weighted by Gasteiger charge is 2.27. The number of carbonyl (C=O) groups excluding carboxylic acids is 1. The second-order valence-electron chi connectivity index (χ2n) is 7.77. The molecule has 0 aliphatic carbocycles. The molecule has 1 aliphatic heterocycles. The van der Waals surface area contributed by atoms with E-state index in [2.05, 4.69) is 67.6 Å². The summed E-state index contributed by atoms with van der Waals surface area (Å²) in [6.07, 6.45) is 1.28. The zero-order valence-corrected chi connectivity index (χ0v) is 17.4. The molecule has 2 heterocycles. The molecule has 0 atom stereocenters. The van der Waals surface area contributed by atoms with E-state index >= 15 is 0 Å². The van der Waals surface area contributed by atoms with Gasteiger partial charge < -0.3 is 14.2 Å². The van der Waals surface area contributed by atoms with Crippen LogP contribution in [0.25, 0.3) is 22.0 Å². The fraction of sp³-hybridized carbons (Fsp3) is 0.375. The normalized spacial score (nSPS) is 13.2. The Labute approximate surface area is 166 Å². The van der Waals surface area contributed by atoms with Gasteiger partial charge in [-0.05, 0) is 48.6 Å². The quantitative estimate of drug-likeness (QED) is 0.622. The first-order valence-corrected chi connectivity index (χ1v) is 9.98. The van der Waals surface area contributed by atoms with E-state index in [1.54, 1.807) is 0 Å². The molecule has 3 aromatic rings. The molecule has 0 bridgehead atoms. The van der Waals surface area contributed by atoms with Gasteiger partial charge in [-0.1, -0.05) is 36.8 Å². The van der Waals surface area contributed by atoms with E-state index < -0.39 is 0 Å². The van der Waals surface area contributed by atoms with E-state index in [0.717, 1.165) is 30.6 Å². The number of benzene rings is 2. The number of esters is 1. The Morgan fingerprint density at radius 1 is 1.14 bits per heavy atom. The summed E-state index contributed by atoms with van der Waals surface area (Å²) in [5.74, 6) is -0.198. The van der Waals surface area contributed by atoms with Gasteiger partial charge in [-0.3, -0.25) is 4.79 Å². The summed E-state index contributed by atoms with van der Waals surface area (Å²) < 4.78 is 7.51. The number of ether oxygens (including phenoxy) is 1. The molecular formula is C24H28N2O2. The molecule has 146 valence electrons. The highest BCUT2D eigenvalue weighted by molar-refractivity contribution is 6.07. The first-order valence-electron chi connectivity index (χ1n) is 9.98. The average molecular weight is 377 g/mol. The predicted molar refractivity (Wildman–Crippen MR) is 115 cm³/mol. The second kappa shape index (κ2) is 7.01. The molecule has 28 heavy (non-hydrogen) atoms. The van der Waals surface area contributed by atoms with Crippen LogP contribution in [0.1, 0.15) is 29.3 Å². The number of aromatic nitrogens is 1. The van der Waals surface area contributed by atoms with Crippen LogP contribution in [0.2, 0.25) is 0 Å². The number of likely N-dealkylation sites (N-methyl/N-ethyl adjacent to an activating group) is 1. The minimum absolute atomic E-state index is 0.198. The summed E-state index contributed by atoms with van der Waals surface area (Å²) in [4.78, 5) is 14.6. The Kier molecular flexibility index (Phi) is 4.66. The van der Waals surface area contributed by atoms with Crippen molar-refractivity contribution in [1.82, 2.24) is 4.57 Å². The molecule has 0 unspecified atom stereocenters. The molecule has 1 aromatic heterocycles. The molecular weight excluding hydrogens is 348 g/mol. The van der Waals surface area contributed by atoms with Crippen LogP contribution in [0.15, 0.2) is 30.3 Å². The van der Waals surface area contributed by atoms with Gasteiger partial charge in [-0.2, -0.15) is 0 Å². The van der Waals surface area contributed by atoms with Crippen LogP contribution in [-0.2, 0) is 28.9 Å². The Hall–Kier alpha value is -2.75. The highest BCUT2D eigenvalue weighted by Crippen LogP contribution is 2.44. The largest absolute Gasteiger partial charge is 0.469 e. The SMILES string of the molecule is CCc1cc2c(-c3ccc(C)cc3)c(CC(=O)OC)c(C)c3c2n1CCN3C. The minimum atomic E-state index is -0.198. The summed E-state index contributed by atoms with van der Waals surface area (Å²) >= 11 is 0. The maximum absolute atomic E-state index is 12.3. The van der Waals surface area contributed by atoms with Crippen molar-refractivity contribution in [2.45, 2.75) is 40.2 Å². The van der Waals surface area contributed by atoms with E-state index in [4.69, 9.17) is 4.74 Å². The number of carbonyl (C=O) groups is 1. The van der Waals surface area contributed by atoms with Gasteiger partial charge in [0.2, 0.25) is 0 Å². The Morgan fingerprint density at radius 2 is 1.86 bits per heavy atom. The van der Waals surface area contributed by atoms with E-state index in [1.165, 1.54) is 46.1 Å². The molecule has 4 nitrogen and oxygen atoms in total. The second-order valence-corrected chi connectivity index (χ2v) is 7.77. The number of anilines is 1. The van der Waals surface area contributed by atoms with Gasteiger partial charge in [-0.25, -0.2) is 0 Å². The fourth-order valence-corrected chi connectivity index (χ4v) is 4.58. The first kappa shape index (κ1) is 18.6. The van der Waals surface area contributed by atoms with Crippen molar-refractivity contribution in [2.75, 3.05) is 25.6 Å². The zero-order valence-electron chi connectivity index (χ0n) is 17.4. The molecule has 4 heteroatoms. The van der Waals surface area contributed by atoms with Crippen LogP contribution in [-0.4, -0.2) is 31.2 Å². The topological polar surface area (TPSA) is 34.5 Å². The molecule has 0 saturated carbocycles. The predicted octanol–water partition coefficient (Wildman–Crippen LogP) is 4.65. The van der Waals surface area contributed by atoms with Crippen LogP contribution in [0.5, 0.6) is 0 Å². The van der Waals surface area contributed by atoms with E-state index in [9.17, 15) is 4.79 Å². The van der Waals surface area contributed by atoms with Crippen molar-refractivity contribution < 1.29 is 9.53 Å². The summed E-state index contributed by atoms with van der Waals surface area (Å²) in [6.45, 7) is 8.44. The van der Waals surface area contributed by atoms with Gasteiger partial charge in [0.1, 0.15) is 0 Å². The van der Waals surface area contributed by atoms with Crippen LogP contribution in [0, 0.1) is 13.8 Å². The molecule has 2 aromatic carbocycles. The van der Waals surface area contributed by atoms with Crippen molar-refractivity contribution in [3.8, 4) is 11.1 Å². The minimum Gasteiger partial charge on any atom is -0.469 e. The van der Waals surface area contributed by atoms with E-state index in [-0.39, 0.29) is 12.4 Å². The molecule has 0 radical (unpaired) electrons. The smallest absolute Gasteiger partial charge is 0.310 e. The zero-order chi connectivity index (χ0) is 20.0. The molecule has 0 spiro atoms. The van der Waals surface area contributed by atoms with Crippen molar-refractivity contribution >= 4 is 22.6 Å². The Morgan fingerprint density at radius 3 is 2.50 bits per heavy atom. The van der Waals surface area contributed by atoms with Gasteiger partial charge in [-0.15, -0.1) is 0 Å². The van der Waals surface area contributed by atoms with E-state index in [0.29, 0.717) is 0 Å². The lowest BCUT2D eigenvalue weighted by atomic mass is 9.88. The molecule has 1 aliphatic rings. The number of nitrogens with zero attached hydrogens (tertiary/aromatic N) is 2. The summed E-state index contributed by atoms with van der Waals surface area (Å²) in [5, 5.41) is 1.24. The van der Waals surface area contributed by atoms with Gasteiger partial charge in [0.25, 0.3) is 0 Å². The third-order valence-corrected chi connectivity index (χ3v) is 6.08. The summed E-state index contributed by atoms with van der Waals surface area (Å²) in [7, 11) is 3.61. The molecule has 0 N–H and O–H groups in total. The van der Waals surface area contributed by atoms with E-state index in [1.807, 2.05) is 0 Å². The number of hydrogen-bond donors (Lipinski definition) is 0. The van der Waals surface area contributed by atoms with Crippen molar-refractivity contribution in [2.24, 2.45) is 0 Å². The Balaban J connectivity index is 2.13. The molecule has 0 amide bonds. The van der Waals surface area contributed by atoms with Gasteiger partial charge in [0.05, 0.1) is 24.7 Å². The maximum Gasteiger partial charge on any atom is 0.310 e. The third kappa shape index (κ3) is 2.79. The molecule has 0 fully saturated rings. The lowest BCUT2D eigenvalue weighted by Gasteiger charge is -2.31. The third-order valence-electron chi connectivity index (χ3n) is 6.08. The number of methoxy groups -OCH3 is 1. The van der Waals surface area contributed by atoms with Crippen molar-refractivity contribution in [3.05, 3.63) is 52.7 Å². The van der Waals surface area contributed by atoms with Gasteiger partial charge >= 0.3 is 5.97 Å². The lowest BCUT2D eigenvalue weighted by molar-refractivity contribution is -0.139. The van der Waals surface area contributed by atoms with Crippen molar-refractivity contribution in [1.29, 1.82) is 0 Å². The number of aryl methyl sites for hydroxylation is 2. The summed E-state index contributed by atoms with van der Waals surface area (Å²) in [5.41, 5.74) is 9.72. The summed E-state index contributed by atoms with van der Waals surface area (Å²) in [6, 6.07) is 10.9.